The zero-order valence-electron chi connectivity index (χ0n) is 8.34. The van der Waals surface area contributed by atoms with Gasteiger partial charge in [0, 0.05) is 7.11 Å². The molecule has 2 rings (SSSR count). The van der Waals surface area contributed by atoms with Gasteiger partial charge in [0.1, 0.15) is 11.9 Å². The predicted molar refractivity (Wildman–Crippen MR) is 55.9 cm³/mol. The lowest BCUT2D eigenvalue weighted by atomic mass is 9.88. The van der Waals surface area contributed by atoms with E-state index in [4.69, 9.17) is 10.5 Å². The molecule has 0 aliphatic heterocycles. The van der Waals surface area contributed by atoms with Crippen LogP contribution in [0, 0.1) is 0 Å². The first-order valence-corrected chi connectivity index (χ1v) is 4.61. The lowest BCUT2D eigenvalue weighted by Gasteiger charge is -2.35. The molecule has 0 spiro atoms. The van der Waals surface area contributed by atoms with Crippen LogP contribution in [-0.4, -0.2) is 23.0 Å². The van der Waals surface area contributed by atoms with Crippen molar-refractivity contribution >= 4 is 6.08 Å². The molecular weight excluding hydrogens is 194 g/mol. The van der Waals surface area contributed by atoms with E-state index >= 15 is 0 Å². The van der Waals surface area contributed by atoms with Crippen LogP contribution in [0.15, 0.2) is 30.0 Å². The van der Waals surface area contributed by atoms with E-state index in [0.29, 0.717) is 0 Å². The molecule has 1 aromatic rings. The van der Waals surface area contributed by atoms with Gasteiger partial charge >= 0.3 is 0 Å². The van der Waals surface area contributed by atoms with Crippen molar-refractivity contribution in [3.63, 3.8) is 0 Å². The summed E-state index contributed by atoms with van der Waals surface area (Å²) in [6.45, 7) is 0. The van der Waals surface area contributed by atoms with E-state index in [1.165, 1.54) is 13.2 Å². The van der Waals surface area contributed by atoms with Gasteiger partial charge in [0.05, 0.1) is 0 Å². The highest BCUT2D eigenvalue weighted by Gasteiger charge is 2.42. The molecule has 0 fully saturated rings. The lowest BCUT2D eigenvalue weighted by molar-refractivity contribution is -0.0895. The molecule has 1 aromatic carbocycles. The van der Waals surface area contributed by atoms with E-state index in [-0.39, 0.29) is 5.76 Å². The summed E-state index contributed by atoms with van der Waals surface area (Å²) < 4.78 is 5.13. The molecule has 2 atom stereocenters. The van der Waals surface area contributed by atoms with E-state index in [1.807, 2.05) is 24.3 Å². The Labute approximate surface area is 87.6 Å². The number of hydrogen-bond donors (Lipinski definition) is 3. The monoisotopic (exact) mass is 207 g/mol. The van der Waals surface area contributed by atoms with Gasteiger partial charge in [-0.15, -0.1) is 0 Å². The van der Waals surface area contributed by atoms with Gasteiger partial charge in [0.2, 0.25) is 5.72 Å². The van der Waals surface area contributed by atoms with Crippen LogP contribution in [0.3, 0.4) is 0 Å². The van der Waals surface area contributed by atoms with Crippen LogP contribution in [0.25, 0.3) is 6.08 Å². The number of methoxy groups -OCH3 is 1. The first-order valence-electron chi connectivity index (χ1n) is 4.61. The van der Waals surface area contributed by atoms with Crippen molar-refractivity contribution in [3.05, 3.63) is 41.2 Å². The second-order valence-corrected chi connectivity index (χ2v) is 3.60. The molecule has 0 aromatic heterocycles. The summed E-state index contributed by atoms with van der Waals surface area (Å²) in [6.07, 6.45) is 0.698. The molecule has 4 nitrogen and oxygen atoms in total. The Bertz CT molecular complexity index is 412. The number of benzene rings is 1. The van der Waals surface area contributed by atoms with Gasteiger partial charge in [-0.25, -0.2) is 0 Å². The Hall–Kier alpha value is -1.36. The molecule has 4 N–H and O–H groups in total. The van der Waals surface area contributed by atoms with E-state index in [0.717, 1.165) is 11.1 Å². The van der Waals surface area contributed by atoms with Crippen molar-refractivity contribution < 1.29 is 14.9 Å². The first-order chi connectivity index (χ1) is 7.07. The summed E-state index contributed by atoms with van der Waals surface area (Å²) in [5, 5.41) is 19.5. The topological polar surface area (TPSA) is 75.7 Å². The molecule has 15 heavy (non-hydrogen) atoms. The maximum Gasteiger partial charge on any atom is 0.202 e. The molecule has 1 aliphatic carbocycles. The van der Waals surface area contributed by atoms with Crippen molar-refractivity contribution in [1.82, 2.24) is 0 Å². The normalized spacial score (nSPS) is 29.5. The Morgan fingerprint density at radius 3 is 2.73 bits per heavy atom. The fourth-order valence-corrected chi connectivity index (χ4v) is 1.82. The van der Waals surface area contributed by atoms with Crippen LogP contribution in [0.2, 0.25) is 0 Å². The minimum Gasteiger partial charge on any atom is -0.508 e. The van der Waals surface area contributed by atoms with Crippen LogP contribution in [0.4, 0.5) is 0 Å². The maximum absolute atomic E-state index is 9.88. The van der Waals surface area contributed by atoms with Crippen LogP contribution >= 0.6 is 0 Å². The van der Waals surface area contributed by atoms with Gasteiger partial charge in [-0.05, 0) is 17.2 Å². The highest BCUT2D eigenvalue weighted by Crippen LogP contribution is 2.37. The third-order valence-corrected chi connectivity index (χ3v) is 2.62. The minimum absolute atomic E-state index is 0.284. The van der Waals surface area contributed by atoms with E-state index in [2.05, 4.69) is 0 Å². The average Bonchev–Trinajstić information content (AvgIpc) is 2.20. The zero-order valence-corrected chi connectivity index (χ0v) is 8.34. The standard InChI is InChI=1S/C11H13NO3/c1-15-10-8-5-3-2-4-7(8)6-9(13)11(10,12)14/h2-6,10,13-14H,12H2,1H3. The van der Waals surface area contributed by atoms with E-state index in [9.17, 15) is 10.2 Å². The second-order valence-electron chi connectivity index (χ2n) is 3.60. The largest absolute Gasteiger partial charge is 0.508 e. The number of aliphatic hydroxyl groups excluding tert-OH is 1. The number of rotatable bonds is 1. The summed E-state index contributed by atoms with van der Waals surface area (Å²) in [7, 11) is 1.44. The highest BCUT2D eigenvalue weighted by atomic mass is 16.5. The number of fused-ring (bicyclic) bond motifs is 1. The third kappa shape index (κ3) is 1.43. The average molecular weight is 207 g/mol. The first kappa shape index (κ1) is 10.2. The molecular formula is C11H13NO3. The number of nitrogens with two attached hydrogens (primary N) is 1. The van der Waals surface area contributed by atoms with Crippen molar-refractivity contribution in [2.75, 3.05) is 7.11 Å². The Morgan fingerprint density at radius 1 is 1.40 bits per heavy atom. The molecule has 1 aliphatic rings. The van der Waals surface area contributed by atoms with E-state index < -0.39 is 11.8 Å². The van der Waals surface area contributed by atoms with Gasteiger partial charge in [-0.2, -0.15) is 0 Å². The highest BCUT2D eigenvalue weighted by molar-refractivity contribution is 5.61. The number of aliphatic hydroxyl groups is 2. The van der Waals surface area contributed by atoms with Crippen molar-refractivity contribution in [2.24, 2.45) is 5.73 Å². The molecule has 2 unspecified atom stereocenters. The lowest BCUT2D eigenvalue weighted by Crippen LogP contribution is -2.49. The van der Waals surface area contributed by atoms with Gasteiger partial charge in [0.25, 0.3) is 0 Å². The van der Waals surface area contributed by atoms with Crippen molar-refractivity contribution in [1.29, 1.82) is 0 Å². The molecule has 0 radical (unpaired) electrons. The smallest absolute Gasteiger partial charge is 0.202 e. The fourth-order valence-electron chi connectivity index (χ4n) is 1.82. The van der Waals surface area contributed by atoms with E-state index in [1.54, 1.807) is 0 Å². The maximum atomic E-state index is 9.88. The van der Waals surface area contributed by atoms with Crippen molar-refractivity contribution in [3.8, 4) is 0 Å². The molecule has 0 heterocycles. The molecule has 0 amide bonds. The predicted octanol–water partition coefficient (Wildman–Crippen LogP) is 0.934. The molecule has 0 saturated heterocycles. The van der Waals surface area contributed by atoms with Crippen molar-refractivity contribution in [2.45, 2.75) is 11.8 Å². The third-order valence-electron chi connectivity index (χ3n) is 2.62. The summed E-state index contributed by atoms with van der Waals surface area (Å²) in [6, 6.07) is 7.31. The Balaban J connectivity index is 2.60. The zero-order chi connectivity index (χ0) is 11.1. The summed E-state index contributed by atoms with van der Waals surface area (Å²) >= 11 is 0. The van der Waals surface area contributed by atoms with Gasteiger partial charge in [-0.1, -0.05) is 24.3 Å². The van der Waals surface area contributed by atoms with Crippen LogP contribution in [0.5, 0.6) is 0 Å². The molecule has 0 saturated carbocycles. The summed E-state index contributed by atoms with van der Waals surface area (Å²) in [5.74, 6) is -0.284. The molecule has 0 bridgehead atoms. The van der Waals surface area contributed by atoms with Crippen LogP contribution in [-0.2, 0) is 4.74 Å². The minimum atomic E-state index is -1.86. The van der Waals surface area contributed by atoms with Crippen LogP contribution < -0.4 is 5.73 Å². The van der Waals surface area contributed by atoms with Gasteiger partial charge < -0.3 is 14.9 Å². The molecule has 80 valence electrons. The quantitative estimate of drug-likeness (QED) is 0.599. The van der Waals surface area contributed by atoms with Gasteiger partial charge in [0.15, 0.2) is 0 Å². The SMILES string of the molecule is COC1c2ccccc2C=C(O)C1(N)O. The Kier molecular flexibility index (Phi) is 2.26. The fraction of sp³-hybridized carbons (Fsp3) is 0.273. The molecule has 4 heteroatoms. The van der Waals surface area contributed by atoms with Crippen LogP contribution in [0.1, 0.15) is 17.2 Å². The number of hydrogen-bond acceptors (Lipinski definition) is 4. The second kappa shape index (κ2) is 3.34. The number of ether oxygens (including phenoxy) is 1. The van der Waals surface area contributed by atoms with Gasteiger partial charge in [-0.3, -0.25) is 5.73 Å². The summed E-state index contributed by atoms with van der Waals surface area (Å²) in [4.78, 5) is 0. The Morgan fingerprint density at radius 2 is 2.07 bits per heavy atom. The summed E-state index contributed by atoms with van der Waals surface area (Å²) in [5.41, 5.74) is 5.31.